The lowest BCUT2D eigenvalue weighted by Crippen LogP contribution is -2.12. The van der Waals surface area contributed by atoms with Crippen molar-refractivity contribution in [1.29, 1.82) is 0 Å². The van der Waals surface area contributed by atoms with Crippen LogP contribution < -0.4 is 5.32 Å². The zero-order valence-electron chi connectivity index (χ0n) is 8.73. The summed E-state index contributed by atoms with van der Waals surface area (Å²) in [4.78, 5) is 4.24. The molecule has 0 radical (unpaired) electrons. The van der Waals surface area contributed by atoms with Crippen LogP contribution in [-0.2, 0) is 6.54 Å². The topological polar surface area (TPSA) is 29.9 Å². The number of nitrogens with one attached hydrogen (secondary N) is 1. The van der Waals surface area contributed by atoms with Crippen LogP contribution in [0.15, 0.2) is 25.0 Å². The van der Waals surface area contributed by atoms with E-state index in [1.165, 1.54) is 0 Å². The van der Waals surface area contributed by atoms with Crippen LogP contribution in [0.25, 0.3) is 0 Å². The number of aromatic nitrogens is 2. The Morgan fingerprint density at radius 3 is 3.21 bits per heavy atom. The first-order chi connectivity index (χ1) is 6.77. The summed E-state index contributed by atoms with van der Waals surface area (Å²) in [5.74, 6) is 0.922. The normalized spacial score (nSPS) is 12.4. The van der Waals surface area contributed by atoms with Crippen molar-refractivity contribution in [2.24, 2.45) is 0 Å². The minimum atomic E-state index is 0.605. The number of anilines is 1. The summed E-state index contributed by atoms with van der Waals surface area (Å²) in [7, 11) is 0. The fourth-order valence-electron chi connectivity index (χ4n) is 1.14. The maximum atomic E-state index is 4.24. The third-order valence-corrected chi connectivity index (χ3v) is 2.93. The fraction of sp³-hybridized carbons (Fsp3) is 0.500. The van der Waals surface area contributed by atoms with Crippen molar-refractivity contribution in [2.45, 2.75) is 18.7 Å². The molecule has 78 valence electrons. The number of rotatable bonds is 6. The quantitative estimate of drug-likeness (QED) is 0.732. The van der Waals surface area contributed by atoms with E-state index in [2.05, 4.69) is 34.6 Å². The summed E-state index contributed by atoms with van der Waals surface area (Å²) in [6.07, 6.45) is 7.77. The van der Waals surface area contributed by atoms with E-state index in [4.69, 9.17) is 0 Å². The first-order valence-corrected chi connectivity index (χ1v) is 5.95. The van der Waals surface area contributed by atoms with Gasteiger partial charge in [-0.25, -0.2) is 4.98 Å². The molecule has 1 unspecified atom stereocenters. The van der Waals surface area contributed by atoms with Crippen LogP contribution in [0.1, 0.15) is 6.92 Å². The molecule has 1 heterocycles. The first-order valence-electron chi connectivity index (χ1n) is 4.66. The van der Waals surface area contributed by atoms with Gasteiger partial charge in [0.15, 0.2) is 0 Å². The van der Waals surface area contributed by atoms with Crippen LogP contribution in [0.2, 0.25) is 0 Å². The molecule has 0 bridgehead atoms. The number of imidazole rings is 1. The molecule has 0 aliphatic carbocycles. The summed E-state index contributed by atoms with van der Waals surface area (Å²) in [6.45, 7) is 7.61. The maximum absolute atomic E-state index is 4.24. The molecule has 0 fully saturated rings. The van der Waals surface area contributed by atoms with Gasteiger partial charge in [-0.05, 0) is 6.26 Å². The fourth-order valence-corrected chi connectivity index (χ4v) is 1.45. The van der Waals surface area contributed by atoms with E-state index >= 15 is 0 Å². The van der Waals surface area contributed by atoms with E-state index in [0.717, 1.165) is 19.0 Å². The van der Waals surface area contributed by atoms with Gasteiger partial charge >= 0.3 is 0 Å². The van der Waals surface area contributed by atoms with E-state index in [1.54, 1.807) is 0 Å². The summed E-state index contributed by atoms with van der Waals surface area (Å²) in [5, 5.41) is 3.80. The number of nitrogens with zero attached hydrogens (tertiary/aromatic N) is 2. The Bertz CT molecular complexity index is 283. The van der Waals surface area contributed by atoms with Crippen LogP contribution in [0.3, 0.4) is 0 Å². The lowest BCUT2D eigenvalue weighted by atomic mass is 10.4. The molecule has 1 rings (SSSR count). The van der Waals surface area contributed by atoms with Crippen molar-refractivity contribution in [3.05, 3.63) is 25.0 Å². The first kappa shape index (κ1) is 11.2. The summed E-state index contributed by atoms with van der Waals surface area (Å²) >= 11 is 1.86. The molecule has 0 saturated heterocycles. The van der Waals surface area contributed by atoms with Gasteiger partial charge in [0, 0.05) is 30.7 Å². The zero-order valence-corrected chi connectivity index (χ0v) is 9.55. The molecule has 3 nitrogen and oxygen atoms in total. The predicted molar refractivity (Wildman–Crippen MR) is 63.9 cm³/mol. The summed E-state index contributed by atoms with van der Waals surface area (Å²) in [6, 6.07) is 0. The van der Waals surface area contributed by atoms with E-state index in [0.29, 0.717) is 5.25 Å². The van der Waals surface area contributed by atoms with Crippen molar-refractivity contribution in [3.63, 3.8) is 0 Å². The molecule has 0 spiro atoms. The standard InChI is InChI=1S/C10H17N3S/c1-4-5-11-10-12-6-7-13(10)8-9(2)14-3/h4,6-7,9H,1,5,8H2,2-3H3,(H,11,12). The Morgan fingerprint density at radius 1 is 1.79 bits per heavy atom. The van der Waals surface area contributed by atoms with Crippen LogP contribution in [0, 0.1) is 0 Å². The van der Waals surface area contributed by atoms with Gasteiger partial charge in [-0.1, -0.05) is 13.0 Å². The second-order valence-electron chi connectivity index (χ2n) is 3.12. The second kappa shape index (κ2) is 5.75. The van der Waals surface area contributed by atoms with Crippen LogP contribution in [0.4, 0.5) is 5.95 Å². The SMILES string of the molecule is C=CCNc1nccn1CC(C)SC. The zero-order chi connectivity index (χ0) is 10.4. The van der Waals surface area contributed by atoms with Gasteiger partial charge in [-0.3, -0.25) is 0 Å². The molecule has 0 saturated carbocycles. The van der Waals surface area contributed by atoms with Gasteiger partial charge < -0.3 is 9.88 Å². The Hall–Kier alpha value is -0.900. The van der Waals surface area contributed by atoms with Crippen LogP contribution >= 0.6 is 11.8 Å². The van der Waals surface area contributed by atoms with Gasteiger partial charge in [0.1, 0.15) is 0 Å². The van der Waals surface area contributed by atoms with Crippen LogP contribution in [-0.4, -0.2) is 27.6 Å². The van der Waals surface area contributed by atoms with Crippen molar-refractivity contribution < 1.29 is 0 Å². The van der Waals surface area contributed by atoms with E-state index in [9.17, 15) is 0 Å². The largest absolute Gasteiger partial charge is 0.352 e. The Balaban J connectivity index is 2.57. The highest BCUT2D eigenvalue weighted by molar-refractivity contribution is 7.99. The third kappa shape index (κ3) is 3.10. The number of hydrogen-bond donors (Lipinski definition) is 1. The molecule has 0 aliphatic heterocycles. The average molecular weight is 211 g/mol. The van der Waals surface area contributed by atoms with E-state index in [-0.39, 0.29) is 0 Å². The monoisotopic (exact) mass is 211 g/mol. The second-order valence-corrected chi connectivity index (χ2v) is 4.40. The van der Waals surface area contributed by atoms with Crippen LogP contribution in [0.5, 0.6) is 0 Å². The lowest BCUT2D eigenvalue weighted by molar-refractivity contribution is 0.697. The predicted octanol–water partition coefficient (Wildman–Crippen LogP) is 2.23. The minimum absolute atomic E-state index is 0.605. The highest BCUT2D eigenvalue weighted by atomic mass is 32.2. The molecular weight excluding hydrogens is 194 g/mol. The molecule has 1 N–H and O–H groups in total. The lowest BCUT2D eigenvalue weighted by Gasteiger charge is -2.12. The highest BCUT2D eigenvalue weighted by Gasteiger charge is 2.04. The Labute approximate surface area is 89.6 Å². The van der Waals surface area contributed by atoms with Crippen molar-refractivity contribution in [3.8, 4) is 0 Å². The smallest absolute Gasteiger partial charge is 0.203 e. The molecule has 0 aromatic carbocycles. The van der Waals surface area contributed by atoms with Gasteiger partial charge in [0.25, 0.3) is 0 Å². The molecule has 1 atom stereocenters. The minimum Gasteiger partial charge on any atom is -0.352 e. The van der Waals surface area contributed by atoms with Gasteiger partial charge in [-0.15, -0.1) is 6.58 Å². The summed E-state index contributed by atoms with van der Waals surface area (Å²) in [5.41, 5.74) is 0. The van der Waals surface area contributed by atoms with Crippen molar-refractivity contribution in [1.82, 2.24) is 9.55 Å². The van der Waals surface area contributed by atoms with E-state index < -0.39 is 0 Å². The van der Waals surface area contributed by atoms with Crippen molar-refractivity contribution in [2.75, 3.05) is 18.1 Å². The molecular formula is C10H17N3S. The summed E-state index contributed by atoms with van der Waals surface area (Å²) < 4.78 is 2.13. The molecule has 0 aliphatic rings. The Kier molecular flexibility index (Phi) is 4.59. The van der Waals surface area contributed by atoms with Gasteiger partial charge in [0.2, 0.25) is 5.95 Å². The molecule has 4 heteroatoms. The Morgan fingerprint density at radius 2 is 2.57 bits per heavy atom. The highest BCUT2D eigenvalue weighted by Crippen LogP contribution is 2.12. The van der Waals surface area contributed by atoms with Gasteiger partial charge in [-0.2, -0.15) is 11.8 Å². The number of thioether (sulfide) groups is 1. The maximum Gasteiger partial charge on any atom is 0.203 e. The average Bonchev–Trinajstić information content (AvgIpc) is 2.62. The van der Waals surface area contributed by atoms with E-state index in [1.807, 2.05) is 30.2 Å². The number of hydrogen-bond acceptors (Lipinski definition) is 3. The van der Waals surface area contributed by atoms with Gasteiger partial charge in [0.05, 0.1) is 0 Å². The molecule has 1 aromatic heterocycles. The van der Waals surface area contributed by atoms with Crippen molar-refractivity contribution >= 4 is 17.7 Å². The molecule has 0 amide bonds. The third-order valence-electron chi connectivity index (χ3n) is 1.98. The molecule has 1 aromatic rings. The molecule has 14 heavy (non-hydrogen) atoms.